The molecule has 1 aliphatic carbocycles. The van der Waals surface area contributed by atoms with Crippen LogP contribution in [-0.2, 0) is 26.1 Å². The summed E-state index contributed by atoms with van der Waals surface area (Å²) in [7, 11) is 0. The molecule has 4 aromatic rings. The van der Waals surface area contributed by atoms with Gasteiger partial charge in [-0.05, 0) is 98.9 Å². The van der Waals surface area contributed by atoms with Gasteiger partial charge in [-0.25, -0.2) is 9.78 Å². The molecular formula is C37H41N3O5. The molecule has 45 heavy (non-hydrogen) atoms. The second-order valence-electron chi connectivity index (χ2n) is 13.1. The number of nitrogens with zero attached hydrogens (tertiary/aromatic N) is 2. The highest BCUT2D eigenvalue weighted by atomic mass is 16.6. The van der Waals surface area contributed by atoms with Crippen LogP contribution < -0.4 is 10.5 Å². The maximum atomic E-state index is 12.9. The molecule has 1 aliphatic heterocycles. The number of carbonyl (C=O) groups is 2. The number of para-hydroxylation sites is 1. The van der Waals surface area contributed by atoms with E-state index in [9.17, 15) is 9.59 Å². The van der Waals surface area contributed by atoms with E-state index in [4.69, 9.17) is 19.9 Å². The maximum Gasteiger partial charge on any atom is 0.410 e. The number of esters is 1. The van der Waals surface area contributed by atoms with Crippen LogP contribution in [0.4, 0.5) is 10.6 Å². The van der Waals surface area contributed by atoms with Gasteiger partial charge in [0.1, 0.15) is 23.3 Å². The van der Waals surface area contributed by atoms with Crippen LogP contribution in [0, 0.1) is 0 Å². The molecule has 0 unspecified atom stereocenters. The summed E-state index contributed by atoms with van der Waals surface area (Å²) in [5.41, 5.74) is 10.8. The fraction of sp³-hybridized carbons (Fsp3) is 0.378. The zero-order valence-corrected chi connectivity index (χ0v) is 26.5. The number of nitrogen functional groups attached to an aromatic ring is 1. The number of fused-ring (bicyclic) bond motifs is 3. The van der Waals surface area contributed by atoms with Crippen molar-refractivity contribution < 1.29 is 23.8 Å². The molecule has 1 aromatic heterocycles. The van der Waals surface area contributed by atoms with Gasteiger partial charge in [0.05, 0.1) is 13.0 Å². The van der Waals surface area contributed by atoms with Gasteiger partial charge >= 0.3 is 12.1 Å². The van der Waals surface area contributed by atoms with Gasteiger partial charge in [-0.1, -0.05) is 42.5 Å². The molecule has 234 valence electrons. The van der Waals surface area contributed by atoms with Gasteiger partial charge in [0.2, 0.25) is 0 Å². The van der Waals surface area contributed by atoms with E-state index in [1.54, 1.807) is 13.1 Å². The molecule has 1 amide bonds. The van der Waals surface area contributed by atoms with Crippen molar-refractivity contribution in [3.8, 4) is 16.9 Å². The van der Waals surface area contributed by atoms with Gasteiger partial charge in [0, 0.05) is 35.7 Å². The van der Waals surface area contributed by atoms with Crippen LogP contribution >= 0.6 is 0 Å². The van der Waals surface area contributed by atoms with E-state index < -0.39 is 5.60 Å². The Kier molecular flexibility index (Phi) is 8.16. The highest BCUT2D eigenvalue weighted by Gasteiger charge is 2.47. The lowest BCUT2D eigenvalue weighted by Crippen LogP contribution is -2.46. The van der Waals surface area contributed by atoms with E-state index in [2.05, 4.69) is 41.4 Å². The van der Waals surface area contributed by atoms with Gasteiger partial charge in [0.25, 0.3) is 0 Å². The number of benzene rings is 3. The monoisotopic (exact) mass is 607 g/mol. The van der Waals surface area contributed by atoms with Crippen LogP contribution in [0.5, 0.6) is 5.75 Å². The standard InChI is InChI=1S/C37H41N3O5/c1-5-43-33(41)22-27-8-6-7-9-31(27)44-32-23-37(15-18-40(19-16-37)35(42)45-36(2,3)4)30-13-12-26(21-29(30)32)25-11-10-24-14-17-39-34(38)28(24)20-25/h6-14,17,20-21,32H,5,15-16,18-19,22-23H2,1-4H3,(H2,38,39)/t32-/m1/s1. The largest absolute Gasteiger partial charge is 0.485 e. The lowest BCUT2D eigenvalue weighted by molar-refractivity contribution is -0.142. The molecule has 1 fully saturated rings. The van der Waals surface area contributed by atoms with Crippen LogP contribution in [0.1, 0.15) is 69.8 Å². The molecule has 6 rings (SSSR count). The van der Waals surface area contributed by atoms with Crippen molar-refractivity contribution in [3.05, 3.63) is 89.6 Å². The molecule has 8 heteroatoms. The number of rotatable bonds is 6. The average Bonchev–Trinajstić information content (AvgIpc) is 3.29. The first-order valence-corrected chi connectivity index (χ1v) is 15.7. The minimum atomic E-state index is -0.540. The summed E-state index contributed by atoms with van der Waals surface area (Å²) in [6.45, 7) is 9.04. The van der Waals surface area contributed by atoms with Crippen molar-refractivity contribution in [2.75, 3.05) is 25.4 Å². The second-order valence-corrected chi connectivity index (χ2v) is 13.1. The topological polar surface area (TPSA) is 104 Å². The normalized spacial score (nSPS) is 17.2. The molecule has 2 N–H and O–H groups in total. The van der Waals surface area contributed by atoms with Gasteiger partial charge in [-0.3, -0.25) is 4.79 Å². The first-order chi connectivity index (χ1) is 21.5. The number of nitrogens with two attached hydrogens (primary N) is 1. The lowest BCUT2D eigenvalue weighted by atomic mass is 9.73. The number of ether oxygens (including phenoxy) is 3. The molecule has 0 saturated carbocycles. The third-order valence-electron chi connectivity index (χ3n) is 8.93. The Morgan fingerprint density at radius 3 is 2.49 bits per heavy atom. The molecule has 0 radical (unpaired) electrons. The highest BCUT2D eigenvalue weighted by Crippen LogP contribution is 2.53. The summed E-state index contributed by atoms with van der Waals surface area (Å²) in [6, 6.07) is 22.6. The van der Waals surface area contributed by atoms with E-state index in [1.807, 2.05) is 56.0 Å². The first kappa shape index (κ1) is 30.4. The molecule has 3 aromatic carbocycles. The Balaban J connectivity index is 1.35. The molecule has 2 heterocycles. The predicted octanol–water partition coefficient (Wildman–Crippen LogP) is 7.38. The fourth-order valence-corrected chi connectivity index (χ4v) is 6.74. The van der Waals surface area contributed by atoms with E-state index in [1.165, 1.54) is 5.56 Å². The zero-order chi connectivity index (χ0) is 31.8. The number of hydrogen-bond donors (Lipinski definition) is 1. The molecule has 1 saturated heterocycles. The second kappa shape index (κ2) is 12.1. The Hall–Kier alpha value is -4.59. The first-order valence-electron chi connectivity index (χ1n) is 15.7. The van der Waals surface area contributed by atoms with E-state index in [-0.39, 0.29) is 30.0 Å². The number of hydrogen-bond acceptors (Lipinski definition) is 7. The molecule has 0 bridgehead atoms. The summed E-state index contributed by atoms with van der Waals surface area (Å²) in [4.78, 5) is 31.4. The quantitative estimate of drug-likeness (QED) is 0.228. The van der Waals surface area contributed by atoms with Crippen molar-refractivity contribution in [2.24, 2.45) is 0 Å². The Morgan fingerprint density at radius 1 is 1.00 bits per heavy atom. The van der Waals surface area contributed by atoms with E-state index in [0.717, 1.165) is 52.3 Å². The third kappa shape index (κ3) is 6.32. The Labute approximate surface area is 264 Å². The summed E-state index contributed by atoms with van der Waals surface area (Å²) in [6.07, 6.45) is 3.76. The van der Waals surface area contributed by atoms with E-state index in [0.29, 0.717) is 31.3 Å². The van der Waals surface area contributed by atoms with Crippen LogP contribution in [0.25, 0.3) is 21.9 Å². The predicted molar refractivity (Wildman–Crippen MR) is 175 cm³/mol. The third-order valence-corrected chi connectivity index (χ3v) is 8.93. The molecule has 8 nitrogen and oxygen atoms in total. The van der Waals surface area contributed by atoms with Crippen molar-refractivity contribution >= 4 is 28.7 Å². The molecular weight excluding hydrogens is 566 g/mol. The van der Waals surface area contributed by atoms with E-state index >= 15 is 0 Å². The highest BCUT2D eigenvalue weighted by molar-refractivity contribution is 5.94. The summed E-state index contributed by atoms with van der Waals surface area (Å²) < 4.78 is 17.7. The van der Waals surface area contributed by atoms with Gasteiger partial charge in [-0.15, -0.1) is 0 Å². The number of likely N-dealkylation sites (tertiary alicyclic amines) is 1. The van der Waals surface area contributed by atoms with Crippen molar-refractivity contribution in [1.29, 1.82) is 0 Å². The van der Waals surface area contributed by atoms with Gasteiger partial charge in [0.15, 0.2) is 0 Å². The fourth-order valence-electron chi connectivity index (χ4n) is 6.74. The number of anilines is 1. The lowest BCUT2D eigenvalue weighted by Gasteiger charge is -2.40. The smallest absolute Gasteiger partial charge is 0.410 e. The number of carbonyl (C=O) groups excluding carboxylic acids is 2. The molecule has 1 atom stereocenters. The maximum absolute atomic E-state index is 12.9. The minimum absolute atomic E-state index is 0.145. The Morgan fingerprint density at radius 2 is 1.73 bits per heavy atom. The van der Waals surface area contributed by atoms with Gasteiger partial charge < -0.3 is 24.8 Å². The van der Waals surface area contributed by atoms with Crippen LogP contribution in [0.3, 0.4) is 0 Å². The molecule has 2 aliphatic rings. The number of aromatic nitrogens is 1. The van der Waals surface area contributed by atoms with Crippen LogP contribution in [0.15, 0.2) is 72.9 Å². The number of amides is 1. The van der Waals surface area contributed by atoms with Crippen LogP contribution in [0.2, 0.25) is 0 Å². The molecule has 1 spiro atoms. The average molecular weight is 608 g/mol. The summed E-state index contributed by atoms with van der Waals surface area (Å²) in [5.74, 6) is 0.907. The Bertz CT molecular complexity index is 1740. The van der Waals surface area contributed by atoms with Gasteiger partial charge in [-0.2, -0.15) is 0 Å². The van der Waals surface area contributed by atoms with Crippen molar-refractivity contribution in [3.63, 3.8) is 0 Å². The van der Waals surface area contributed by atoms with Crippen LogP contribution in [-0.4, -0.2) is 47.2 Å². The summed E-state index contributed by atoms with van der Waals surface area (Å²) >= 11 is 0. The number of piperidine rings is 1. The summed E-state index contributed by atoms with van der Waals surface area (Å²) in [5, 5.41) is 1.96. The number of pyridine rings is 1. The minimum Gasteiger partial charge on any atom is -0.485 e. The SMILES string of the molecule is CCOC(=O)Cc1ccccc1O[C@@H]1CC2(CCN(C(=O)OC(C)(C)C)CC2)c2ccc(-c3ccc4ccnc(N)c4c3)cc21. The van der Waals surface area contributed by atoms with Crippen molar-refractivity contribution in [1.82, 2.24) is 9.88 Å². The zero-order valence-electron chi connectivity index (χ0n) is 26.5. The van der Waals surface area contributed by atoms with Crippen molar-refractivity contribution in [2.45, 2.75) is 70.5 Å².